The number of nitrogens with zero attached hydrogens (tertiary/aromatic N) is 3. The fraction of sp³-hybridized carbons (Fsp3) is 0.238. The van der Waals surface area contributed by atoms with Crippen molar-refractivity contribution in [3.8, 4) is 17.1 Å². The topological polar surface area (TPSA) is 133 Å². The van der Waals surface area contributed by atoms with Gasteiger partial charge in [-0.3, -0.25) is 5.10 Å². The van der Waals surface area contributed by atoms with E-state index < -0.39 is 0 Å². The predicted molar refractivity (Wildman–Crippen MR) is 118 cm³/mol. The maximum Gasteiger partial charge on any atom is 0.315 e. The van der Waals surface area contributed by atoms with Gasteiger partial charge in [0.2, 0.25) is 5.95 Å². The molecule has 2 heterocycles. The van der Waals surface area contributed by atoms with Crippen LogP contribution >= 0.6 is 0 Å². The number of carbonyl (C=O) groups excluding carboxylic acids is 1. The molecule has 0 atom stereocenters. The van der Waals surface area contributed by atoms with Crippen LogP contribution in [0.1, 0.15) is 13.8 Å². The van der Waals surface area contributed by atoms with Gasteiger partial charge in [-0.15, -0.1) is 10.2 Å². The normalized spacial score (nSPS) is 10.9. The number of carbonyl (C=O) groups is 1. The van der Waals surface area contributed by atoms with E-state index in [0.29, 0.717) is 30.7 Å². The van der Waals surface area contributed by atoms with Crippen molar-refractivity contribution in [2.75, 3.05) is 18.5 Å². The van der Waals surface area contributed by atoms with E-state index in [2.05, 4.69) is 41.3 Å². The maximum absolute atomic E-state index is 11.5. The molecule has 160 valence electrons. The Morgan fingerprint density at radius 2 is 1.97 bits per heavy atom. The molecule has 31 heavy (non-hydrogen) atoms. The van der Waals surface area contributed by atoms with Gasteiger partial charge in [0.15, 0.2) is 5.82 Å². The van der Waals surface area contributed by atoms with E-state index in [-0.39, 0.29) is 12.1 Å². The minimum Gasteiger partial charge on any atom is -0.492 e. The maximum atomic E-state index is 11.5. The van der Waals surface area contributed by atoms with Gasteiger partial charge < -0.3 is 25.7 Å². The van der Waals surface area contributed by atoms with Crippen molar-refractivity contribution in [2.45, 2.75) is 19.9 Å². The van der Waals surface area contributed by atoms with Crippen molar-refractivity contribution in [2.24, 2.45) is 0 Å². The molecule has 5 N–H and O–H groups in total. The summed E-state index contributed by atoms with van der Waals surface area (Å²) in [5, 5.41) is 25.0. The third-order valence-electron chi connectivity index (χ3n) is 4.39. The van der Waals surface area contributed by atoms with Crippen molar-refractivity contribution < 1.29 is 9.53 Å². The zero-order valence-electron chi connectivity index (χ0n) is 17.3. The second kappa shape index (κ2) is 9.16. The molecule has 2 aromatic heterocycles. The molecule has 0 unspecified atom stereocenters. The Hall–Kier alpha value is -4.08. The zero-order valence-corrected chi connectivity index (χ0v) is 17.3. The molecule has 0 fully saturated rings. The Morgan fingerprint density at radius 1 is 1.13 bits per heavy atom. The first-order valence-corrected chi connectivity index (χ1v) is 9.97. The highest BCUT2D eigenvalue weighted by molar-refractivity contribution is 5.82. The summed E-state index contributed by atoms with van der Waals surface area (Å²) >= 11 is 0. The van der Waals surface area contributed by atoms with Crippen LogP contribution in [0.15, 0.2) is 48.7 Å². The number of benzene rings is 2. The number of urea groups is 1. The van der Waals surface area contributed by atoms with E-state index in [4.69, 9.17) is 4.74 Å². The average Bonchev–Trinajstić information content (AvgIpc) is 3.40. The molecule has 0 aliphatic heterocycles. The monoisotopic (exact) mass is 420 g/mol. The van der Waals surface area contributed by atoms with Crippen molar-refractivity contribution in [1.29, 1.82) is 0 Å². The van der Waals surface area contributed by atoms with Gasteiger partial charge in [0, 0.05) is 22.7 Å². The highest BCUT2D eigenvalue weighted by atomic mass is 16.5. The van der Waals surface area contributed by atoms with E-state index in [9.17, 15) is 4.79 Å². The highest BCUT2D eigenvalue weighted by Gasteiger charge is 2.07. The Balaban J connectivity index is 1.30. The molecular formula is C21H24N8O2. The van der Waals surface area contributed by atoms with Crippen LogP contribution in [-0.4, -0.2) is 50.6 Å². The fourth-order valence-corrected chi connectivity index (χ4v) is 2.96. The molecule has 4 aromatic rings. The number of ether oxygens (including phenoxy) is 1. The first-order chi connectivity index (χ1) is 15.1. The predicted octanol–water partition coefficient (Wildman–Crippen LogP) is 3.18. The minimum absolute atomic E-state index is 0.0976. The number of fused-ring (bicyclic) bond motifs is 1. The van der Waals surface area contributed by atoms with Crippen LogP contribution in [0.3, 0.4) is 0 Å². The summed E-state index contributed by atoms with van der Waals surface area (Å²) in [6.45, 7) is 4.61. The number of nitrogens with one attached hydrogen (secondary N) is 5. The molecule has 0 aliphatic carbocycles. The van der Waals surface area contributed by atoms with Crippen molar-refractivity contribution in [3.05, 3.63) is 48.7 Å². The molecule has 0 bridgehead atoms. The third kappa shape index (κ3) is 5.30. The van der Waals surface area contributed by atoms with E-state index in [0.717, 1.165) is 22.2 Å². The summed E-state index contributed by atoms with van der Waals surface area (Å²) in [4.78, 5) is 14.7. The number of H-pyrrole nitrogens is 2. The van der Waals surface area contributed by atoms with Crippen LogP contribution in [-0.2, 0) is 0 Å². The molecule has 0 radical (unpaired) electrons. The van der Waals surface area contributed by atoms with Crippen LogP contribution in [0, 0.1) is 0 Å². The van der Waals surface area contributed by atoms with Crippen LogP contribution in [0.25, 0.3) is 22.3 Å². The van der Waals surface area contributed by atoms with E-state index in [1.807, 2.05) is 56.3 Å². The third-order valence-corrected chi connectivity index (χ3v) is 4.39. The number of hydrogen-bond donors (Lipinski definition) is 5. The smallest absolute Gasteiger partial charge is 0.315 e. The minimum atomic E-state index is -0.201. The van der Waals surface area contributed by atoms with Gasteiger partial charge in [-0.2, -0.15) is 5.10 Å². The van der Waals surface area contributed by atoms with Crippen molar-refractivity contribution >= 4 is 28.6 Å². The first-order valence-electron chi connectivity index (χ1n) is 9.97. The molecule has 4 rings (SSSR count). The molecular weight excluding hydrogens is 396 g/mol. The summed E-state index contributed by atoms with van der Waals surface area (Å²) in [6, 6.07) is 13.3. The lowest BCUT2D eigenvalue weighted by Gasteiger charge is -2.11. The molecule has 0 saturated carbocycles. The lowest BCUT2D eigenvalue weighted by molar-refractivity contribution is 0.234. The van der Waals surface area contributed by atoms with Crippen LogP contribution in [0.4, 0.5) is 16.4 Å². The van der Waals surface area contributed by atoms with E-state index >= 15 is 0 Å². The Bertz CT molecular complexity index is 1150. The Labute approximate surface area is 178 Å². The fourth-order valence-electron chi connectivity index (χ4n) is 2.96. The van der Waals surface area contributed by atoms with Crippen LogP contribution in [0.5, 0.6) is 5.75 Å². The van der Waals surface area contributed by atoms with Gasteiger partial charge in [0.25, 0.3) is 0 Å². The summed E-state index contributed by atoms with van der Waals surface area (Å²) < 4.78 is 5.66. The van der Waals surface area contributed by atoms with Gasteiger partial charge in [-0.25, -0.2) is 4.79 Å². The van der Waals surface area contributed by atoms with Crippen LogP contribution in [0.2, 0.25) is 0 Å². The molecule has 10 nitrogen and oxygen atoms in total. The number of aromatic nitrogens is 5. The number of hydrogen-bond acceptors (Lipinski definition) is 6. The number of anilines is 2. The number of amides is 2. The largest absolute Gasteiger partial charge is 0.492 e. The van der Waals surface area contributed by atoms with Gasteiger partial charge >= 0.3 is 6.03 Å². The summed E-state index contributed by atoms with van der Waals surface area (Å²) in [6.07, 6.45) is 1.77. The SMILES string of the molecule is CC(C)NC(=O)NCCOc1ccc(-c2nnc(Nc3ccc4[nH]ncc4c3)[nH]2)cc1. The second-order valence-corrected chi connectivity index (χ2v) is 7.25. The zero-order chi connectivity index (χ0) is 21.6. The van der Waals surface area contributed by atoms with Crippen molar-refractivity contribution in [1.82, 2.24) is 36.0 Å². The van der Waals surface area contributed by atoms with Crippen LogP contribution < -0.4 is 20.7 Å². The van der Waals surface area contributed by atoms with Gasteiger partial charge in [0.05, 0.1) is 18.3 Å². The lowest BCUT2D eigenvalue weighted by atomic mass is 10.2. The molecule has 2 aromatic carbocycles. The standard InChI is InChI=1S/C21H24N8O2/c1-13(2)24-21(30)22-9-10-31-17-6-3-14(4-7-17)19-26-20(29-28-19)25-16-5-8-18-15(11-16)12-23-27-18/h3-8,11-13H,9-10H2,1-2H3,(H,23,27)(H2,22,24,30)(H2,25,26,28,29). The average molecular weight is 420 g/mol. The quantitative estimate of drug-likeness (QED) is 0.278. The van der Waals surface area contributed by atoms with Gasteiger partial charge in [-0.1, -0.05) is 0 Å². The number of aromatic amines is 2. The highest BCUT2D eigenvalue weighted by Crippen LogP contribution is 2.22. The molecule has 0 aliphatic rings. The molecule has 10 heteroatoms. The van der Waals surface area contributed by atoms with E-state index in [1.54, 1.807) is 6.20 Å². The molecule has 2 amide bonds. The Morgan fingerprint density at radius 3 is 2.77 bits per heavy atom. The summed E-state index contributed by atoms with van der Waals surface area (Å²) in [5.74, 6) is 1.90. The van der Waals surface area contributed by atoms with E-state index in [1.165, 1.54) is 0 Å². The first kappa shape index (κ1) is 20.2. The summed E-state index contributed by atoms with van der Waals surface area (Å²) in [7, 11) is 0. The number of rotatable bonds is 8. The Kier molecular flexibility index (Phi) is 5.97. The second-order valence-electron chi connectivity index (χ2n) is 7.25. The van der Waals surface area contributed by atoms with Gasteiger partial charge in [-0.05, 0) is 56.3 Å². The molecule has 0 spiro atoms. The molecule has 0 saturated heterocycles. The lowest BCUT2D eigenvalue weighted by Crippen LogP contribution is -2.41. The van der Waals surface area contributed by atoms with Gasteiger partial charge in [0.1, 0.15) is 12.4 Å². The van der Waals surface area contributed by atoms with Crippen molar-refractivity contribution in [3.63, 3.8) is 0 Å². The summed E-state index contributed by atoms with van der Waals surface area (Å²) in [5.41, 5.74) is 2.74.